The lowest BCUT2D eigenvalue weighted by Gasteiger charge is -2.17. The zero-order valence-electron chi connectivity index (χ0n) is 9.48. The number of ether oxygens (including phenoxy) is 1. The van der Waals surface area contributed by atoms with Crippen molar-refractivity contribution in [3.05, 3.63) is 23.4 Å². The van der Waals surface area contributed by atoms with E-state index in [4.69, 9.17) is 10.5 Å². The van der Waals surface area contributed by atoms with E-state index in [1.54, 1.807) is 0 Å². The second-order valence-electron chi connectivity index (χ2n) is 4.86. The van der Waals surface area contributed by atoms with E-state index < -0.39 is 0 Å². The summed E-state index contributed by atoms with van der Waals surface area (Å²) in [6, 6.07) is 4.34. The quantitative estimate of drug-likeness (QED) is 0.823. The predicted molar refractivity (Wildman–Crippen MR) is 62.5 cm³/mol. The van der Waals surface area contributed by atoms with Crippen molar-refractivity contribution < 1.29 is 4.74 Å². The Morgan fingerprint density at radius 3 is 2.94 bits per heavy atom. The Morgan fingerprint density at radius 2 is 2.12 bits per heavy atom. The van der Waals surface area contributed by atoms with E-state index in [1.165, 1.54) is 30.5 Å². The summed E-state index contributed by atoms with van der Waals surface area (Å²) in [4.78, 5) is 4.57. The van der Waals surface area contributed by atoms with Crippen LogP contribution in [0.5, 0.6) is 5.88 Å². The van der Waals surface area contributed by atoms with Gasteiger partial charge in [0, 0.05) is 17.8 Å². The minimum atomic E-state index is 0.173. The van der Waals surface area contributed by atoms with Gasteiger partial charge >= 0.3 is 0 Å². The molecule has 2 atom stereocenters. The van der Waals surface area contributed by atoms with Crippen molar-refractivity contribution in [3.8, 4) is 5.88 Å². The molecular weight excluding hydrogens is 200 g/mol. The minimum absolute atomic E-state index is 0.173. The Balaban J connectivity index is 1.75. The lowest BCUT2D eigenvalue weighted by molar-refractivity contribution is 0.183. The average molecular weight is 218 g/mol. The summed E-state index contributed by atoms with van der Waals surface area (Å²) in [5.41, 5.74) is 8.60. The van der Waals surface area contributed by atoms with E-state index in [0.29, 0.717) is 0 Å². The molecule has 2 aliphatic rings. The Hall–Kier alpha value is -1.09. The van der Waals surface area contributed by atoms with Gasteiger partial charge in [-0.15, -0.1) is 0 Å². The molecule has 0 spiro atoms. The van der Waals surface area contributed by atoms with Gasteiger partial charge in [-0.2, -0.15) is 0 Å². The molecule has 2 aliphatic carbocycles. The van der Waals surface area contributed by atoms with Crippen LogP contribution >= 0.6 is 0 Å². The van der Waals surface area contributed by atoms with E-state index in [2.05, 4.69) is 11.1 Å². The average Bonchev–Trinajstić information content (AvgIpc) is 2.88. The van der Waals surface area contributed by atoms with Crippen molar-refractivity contribution in [2.75, 3.05) is 0 Å². The van der Waals surface area contributed by atoms with Crippen molar-refractivity contribution in [2.45, 2.75) is 50.7 Å². The molecule has 0 bridgehead atoms. The fourth-order valence-electron chi connectivity index (χ4n) is 2.72. The number of nitrogens with zero attached hydrogens (tertiary/aromatic N) is 1. The first-order valence-corrected chi connectivity index (χ1v) is 6.24. The maximum absolute atomic E-state index is 5.99. The Morgan fingerprint density at radius 1 is 1.19 bits per heavy atom. The molecule has 1 heterocycles. The van der Waals surface area contributed by atoms with Gasteiger partial charge < -0.3 is 10.5 Å². The number of aromatic nitrogens is 1. The van der Waals surface area contributed by atoms with Crippen LogP contribution in [0, 0.1) is 0 Å². The van der Waals surface area contributed by atoms with Crippen LogP contribution < -0.4 is 10.5 Å². The summed E-state index contributed by atoms with van der Waals surface area (Å²) in [7, 11) is 0. The van der Waals surface area contributed by atoms with E-state index in [0.717, 1.165) is 25.1 Å². The molecule has 0 amide bonds. The molecule has 3 rings (SSSR count). The second-order valence-corrected chi connectivity index (χ2v) is 4.86. The maximum atomic E-state index is 5.99. The van der Waals surface area contributed by atoms with E-state index in [-0.39, 0.29) is 12.1 Å². The summed E-state index contributed by atoms with van der Waals surface area (Å²) >= 11 is 0. The van der Waals surface area contributed by atoms with Crippen molar-refractivity contribution >= 4 is 0 Å². The Bertz CT molecular complexity index is 392. The third-order valence-corrected chi connectivity index (χ3v) is 3.68. The summed E-state index contributed by atoms with van der Waals surface area (Å²) in [6.45, 7) is 0. The molecule has 0 saturated heterocycles. The number of hydrogen-bond acceptors (Lipinski definition) is 3. The molecule has 0 radical (unpaired) electrons. The zero-order chi connectivity index (χ0) is 11.0. The first-order valence-electron chi connectivity index (χ1n) is 6.24. The highest BCUT2D eigenvalue weighted by Gasteiger charge is 2.26. The number of pyridine rings is 1. The van der Waals surface area contributed by atoms with Crippen LogP contribution in [0.3, 0.4) is 0 Å². The number of rotatable bonds is 2. The largest absolute Gasteiger partial charge is 0.473 e. The maximum Gasteiger partial charge on any atom is 0.213 e. The molecular formula is C13H18N2O. The highest BCUT2D eigenvalue weighted by atomic mass is 16.5. The van der Waals surface area contributed by atoms with Gasteiger partial charge in [0.2, 0.25) is 5.88 Å². The monoisotopic (exact) mass is 218 g/mol. The standard InChI is InChI=1S/C13H18N2O/c14-10-4-2-6-12(10)16-13-8-7-9-3-1-5-11(9)15-13/h7-8,10,12H,1-6,14H2. The molecule has 3 heteroatoms. The first kappa shape index (κ1) is 10.1. The molecule has 2 unspecified atom stereocenters. The van der Waals surface area contributed by atoms with Gasteiger partial charge in [0.05, 0.1) is 0 Å². The molecule has 0 aliphatic heterocycles. The first-order chi connectivity index (χ1) is 7.83. The van der Waals surface area contributed by atoms with Crippen LogP contribution in [-0.2, 0) is 12.8 Å². The Labute approximate surface area is 96.0 Å². The summed E-state index contributed by atoms with van der Waals surface area (Å²) in [5, 5.41) is 0. The van der Waals surface area contributed by atoms with Crippen LogP contribution in [0.15, 0.2) is 12.1 Å². The van der Waals surface area contributed by atoms with Crippen LogP contribution in [0.1, 0.15) is 36.9 Å². The van der Waals surface area contributed by atoms with Crippen molar-refractivity contribution in [3.63, 3.8) is 0 Å². The SMILES string of the molecule is NC1CCCC1Oc1ccc2c(n1)CCC2. The molecule has 16 heavy (non-hydrogen) atoms. The number of nitrogens with two attached hydrogens (primary N) is 1. The Kier molecular flexibility index (Phi) is 2.56. The van der Waals surface area contributed by atoms with Crippen LogP contribution in [0.25, 0.3) is 0 Å². The molecule has 86 valence electrons. The van der Waals surface area contributed by atoms with Crippen molar-refractivity contribution in [2.24, 2.45) is 5.73 Å². The second kappa shape index (κ2) is 4.06. The third kappa shape index (κ3) is 1.80. The highest BCUT2D eigenvalue weighted by Crippen LogP contribution is 2.26. The van der Waals surface area contributed by atoms with E-state index in [1.807, 2.05) is 6.07 Å². The smallest absolute Gasteiger partial charge is 0.213 e. The van der Waals surface area contributed by atoms with Gasteiger partial charge in [-0.25, -0.2) is 4.98 Å². The van der Waals surface area contributed by atoms with E-state index >= 15 is 0 Å². The molecule has 1 saturated carbocycles. The van der Waals surface area contributed by atoms with Crippen LogP contribution in [0.4, 0.5) is 0 Å². The van der Waals surface area contributed by atoms with Gasteiger partial charge in [0.15, 0.2) is 0 Å². The highest BCUT2D eigenvalue weighted by molar-refractivity contribution is 5.29. The number of hydrogen-bond donors (Lipinski definition) is 1. The predicted octanol–water partition coefficient (Wildman–Crippen LogP) is 1.83. The fourth-order valence-corrected chi connectivity index (χ4v) is 2.72. The van der Waals surface area contributed by atoms with E-state index in [9.17, 15) is 0 Å². The zero-order valence-corrected chi connectivity index (χ0v) is 9.48. The van der Waals surface area contributed by atoms with Gasteiger partial charge in [-0.1, -0.05) is 6.07 Å². The fraction of sp³-hybridized carbons (Fsp3) is 0.615. The van der Waals surface area contributed by atoms with Crippen molar-refractivity contribution in [1.29, 1.82) is 0 Å². The number of fused-ring (bicyclic) bond motifs is 1. The number of aryl methyl sites for hydroxylation is 2. The van der Waals surface area contributed by atoms with Gasteiger partial charge in [-0.05, 0) is 44.1 Å². The molecule has 3 nitrogen and oxygen atoms in total. The summed E-state index contributed by atoms with van der Waals surface area (Å²) in [5.74, 6) is 0.767. The third-order valence-electron chi connectivity index (χ3n) is 3.68. The summed E-state index contributed by atoms with van der Waals surface area (Å²) in [6.07, 6.45) is 7.00. The summed E-state index contributed by atoms with van der Waals surface area (Å²) < 4.78 is 5.88. The normalized spacial score (nSPS) is 28.1. The lowest BCUT2D eigenvalue weighted by atomic mass is 10.2. The molecule has 0 aromatic carbocycles. The lowest BCUT2D eigenvalue weighted by Crippen LogP contribution is -2.33. The molecule has 2 N–H and O–H groups in total. The molecule has 1 fully saturated rings. The minimum Gasteiger partial charge on any atom is -0.473 e. The van der Waals surface area contributed by atoms with Crippen molar-refractivity contribution in [1.82, 2.24) is 4.98 Å². The van der Waals surface area contributed by atoms with Gasteiger partial charge in [0.25, 0.3) is 0 Å². The van der Waals surface area contributed by atoms with Crippen LogP contribution in [-0.4, -0.2) is 17.1 Å². The van der Waals surface area contributed by atoms with Gasteiger partial charge in [0.1, 0.15) is 6.10 Å². The molecule has 1 aromatic rings. The van der Waals surface area contributed by atoms with Gasteiger partial charge in [-0.3, -0.25) is 0 Å². The van der Waals surface area contributed by atoms with Crippen LogP contribution in [0.2, 0.25) is 0 Å². The molecule has 1 aromatic heterocycles. The topological polar surface area (TPSA) is 48.1 Å².